The molecule has 0 aromatic heterocycles. The van der Waals surface area contributed by atoms with Gasteiger partial charge in [0.1, 0.15) is 0 Å². The zero-order chi connectivity index (χ0) is 15.4. The molecule has 0 aliphatic carbocycles. The largest absolute Gasteiger partial charge is 0.480 e. The van der Waals surface area contributed by atoms with Gasteiger partial charge in [0.2, 0.25) is 5.55 Å². The van der Waals surface area contributed by atoms with Gasteiger partial charge in [-0.15, -0.1) is 0 Å². The first-order valence-electron chi connectivity index (χ1n) is 7.29. The molecule has 0 heterocycles. The van der Waals surface area contributed by atoms with Gasteiger partial charge in [0.15, 0.2) is 0 Å². The van der Waals surface area contributed by atoms with Crippen LogP contribution in [0.1, 0.15) is 46.5 Å². The Morgan fingerprint density at radius 1 is 1.10 bits per heavy atom. The van der Waals surface area contributed by atoms with Crippen LogP contribution in [-0.4, -0.2) is 46.9 Å². The van der Waals surface area contributed by atoms with Crippen LogP contribution in [0.3, 0.4) is 0 Å². The van der Waals surface area contributed by atoms with Crippen molar-refractivity contribution in [3.8, 4) is 0 Å². The third-order valence-corrected chi connectivity index (χ3v) is 11.3. The van der Waals surface area contributed by atoms with Crippen molar-refractivity contribution in [1.29, 1.82) is 0 Å². The van der Waals surface area contributed by atoms with Crippen molar-refractivity contribution in [3.63, 3.8) is 0 Å². The van der Waals surface area contributed by atoms with Crippen molar-refractivity contribution in [3.05, 3.63) is 0 Å². The van der Waals surface area contributed by atoms with Gasteiger partial charge in [0, 0.05) is 11.5 Å². The predicted octanol–water partition coefficient (Wildman–Crippen LogP) is 4.61. The summed E-state index contributed by atoms with van der Waals surface area (Å²) in [7, 11) is 0. The van der Waals surface area contributed by atoms with E-state index in [9.17, 15) is 9.36 Å². The fourth-order valence-corrected chi connectivity index (χ4v) is 10.1. The normalized spacial score (nSPS) is 12.0. The molecule has 7 heteroatoms. The average Bonchev–Trinajstić information content (AvgIpc) is 2.38. The van der Waals surface area contributed by atoms with E-state index in [1.165, 1.54) is 0 Å². The minimum Gasteiger partial charge on any atom is -0.480 e. The van der Waals surface area contributed by atoms with Gasteiger partial charge >= 0.3 is 5.97 Å². The van der Waals surface area contributed by atoms with Crippen LogP contribution in [0.15, 0.2) is 0 Å². The number of likely N-dealkylation sites (N-methyl/N-ethyl adjacent to an activating group) is 1. The van der Waals surface area contributed by atoms with E-state index in [-0.39, 0.29) is 6.54 Å². The van der Waals surface area contributed by atoms with Crippen molar-refractivity contribution in [2.24, 2.45) is 0 Å². The Balaban J connectivity index is 4.54. The van der Waals surface area contributed by atoms with Crippen LogP contribution >= 0.6 is 28.3 Å². The lowest BCUT2D eigenvalue weighted by molar-refractivity contribution is -0.138. The molecule has 0 aromatic rings. The maximum atomic E-state index is 13.0. The summed E-state index contributed by atoms with van der Waals surface area (Å²) >= 11 is 3.11. The topological polar surface area (TPSA) is 57.6 Å². The molecule has 0 unspecified atom stereocenters. The first-order chi connectivity index (χ1) is 9.47. The Hall–Kier alpha value is 0.360. The van der Waals surface area contributed by atoms with Crippen molar-refractivity contribution in [1.82, 2.24) is 4.90 Å². The molecule has 4 nitrogen and oxygen atoms in total. The Bertz CT molecular complexity index is 302. The predicted molar refractivity (Wildman–Crippen MR) is 92.1 cm³/mol. The van der Waals surface area contributed by atoms with E-state index >= 15 is 0 Å². The average molecular weight is 341 g/mol. The summed E-state index contributed by atoms with van der Waals surface area (Å²) < 4.78 is 13.0. The van der Waals surface area contributed by atoms with Gasteiger partial charge in [0.25, 0.3) is 0 Å². The zero-order valence-electron chi connectivity index (χ0n) is 12.8. The summed E-state index contributed by atoms with van der Waals surface area (Å²) in [4.78, 5) is 12.6. The number of carbonyl (C=O) groups is 1. The lowest BCUT2D eigenvalue weighted by atomic mass is 10.4. The van der Waals surface area contributed by atoms with Crippen LogP contribution in [0.4, 0.5) is 0 Å². The van der Waals surface area contributed by atoms with Crippen LogP contribution in [0.5, 0.6) is 0 Å². The number of nitrogens with zero attached hydrogens (tertiary/aromatic N) is 1. The molecule has 0 bridgehead atoms. The van der Waals surface area contributed by atoms with Crippen LogP contribution in [0.2, 0.25) is 0 Å². The van der Waals surface area contributed by atoms with Crippen molar-refractivity contribution in [2.45, 2.75) is 46.5 Å². The highest BCUT2D eigenvalue weighted by atomic mass is 33.1. The van der Waals surface area contributed by atoms with E-state index in [4.69, 9.17) is 5.11 Å². The molecule has 0 rings (SSSR count). The number of unbranched alkanes of at least 4 members (excludes halogenated alkanes) is 2. The molecule has 0 radical (unpaired) electrons. The SMILES string of the molecule is CCCCSP(=O)(CN(CC)CC(=O)O)SCCCC. The van der Waals surface area contributed by atoms with E-state index in [1.54, 1.807) is 27.7 Å². The molecule has 0 atom stereocenters. The van der Waals surface area contributed by atoms with E-state index in [2.05, 4.69) is 13.8 Å². The Kier molecular flexibility index (Phi) is 12.2. The summed E-state index contributed by atoms with van der Waals surface area (Å²) in [5.41, 5.74) is -2.41. The minimum atomic E-state index is -2.41. The van der Waals surface area contributed by atoms with Crippen LogP contribution in [0.25, 0.3) is 0 Å². The lowest BCUT2D eigenvalue weighted by Crippen LogP contribution is -2.29. The smallest absolute Gasteiger partial charge is 0.317 e. The van der Waals surface area contributed by atoms with E-state index in [0.29, 0.717) is 12.8 Å². The second-order valence-corrected chi connectivity index (χ2v) is 13.3. The molecule has 0 saturated carbocycles. The Morgan fingerprint density at radius 3 is 1.95 bits per heavy atom. The number of carboxylic acid groups (broad SMARTS) is 1. The Labute approximate surface area is 131 Å². The summed E-state index contributed by atoms with van der Waals surface area (Å²) in [6, 6.07) is 0. The van der Waals surface area contributed by atoms with Gasteiger partial charge < -0.3 is 5.11 Å². The Morgan fingerprint density at radius 2 is 1.60 bits per heavy atom. The fourth-order valence-electron chi connectivity index (χ4n) is 1.51. The first kappa shape index (κ1) is 20.4. The molecule has 0 aliphatic rings. The molecular formula is C13H28NO3PS2. The molecule has 1 N–H and O–H groups in total. The van der Waals surface area contributed by atoms with Crippen LogP contribution in [0, 0.1) is 0 Å². The van der Waals surface area contributed by atoms with Crippen molar-refractivity contribution < 1.29 is 14.5 Å². The molecule has 0 saturated heterocycles. The molecule has 0 fully saturated rings. The summed E-state index contributed by atoms with van der Waals surface area (Å²) in [5, 5.41) is 8.90. The standard InChI is InChI=1S/C13H28NO3PS2/c1-4-7-9-19-18(17,20-10-8-5-2)12-14(6-3)11-13(15)16/h4-12H2,1-3H3,(H,15,16). The third-order valence-electron chi connectivity index (χ3n) is 2.75. The van der Waals surface area contributed by atoms with E-state index in [1.807, 2.05) is 6.92 Å². The van der Waals surface area contributed by atoms with Gasteiger partial charge in [-0.25, -0.2) is 0 Å². The lowest BCUT2D eigenvalue weighted by Gasteiger charge is -2.24. The van der Waals surface area contributed by atoms with Crippen LogP contribution < -0.4 is 0 Å². The van der Waals surface area contributed by atoms with Gasteiger partial charge in [0.05, 0.1) is 12.8 Å². The maximum Gasteiger partial charge on any atom is 0.317 e. The quantitative estimate of drug-likeness (QED) is 0.390. The molecule has 0 spiro atoms. The molecule has 0 aromatic carbocycles. The highest BCUT2D eigenvalue weighted by Gasteiger charge is 2.26. The third kappa shape index (κ3) is 10.1. The number of carboxylic acids is 1. The first-order valence-corrected chi connectivity index (χ1v) is 12.4. The summed E-state index contributed by atoms with van der Waals surface area (Å²) in [5.74, 6) is 0.949. The minimum absolute atomic E-state index is 0.0246. The summed E-state index contributed by atoms with van der Waals surface area (Å²) in [6.45, 7) is 6.76. The van der Waals surface area contributed by atoms with Crippen molar-refractivity contribution in [2.75, 3.05) is 30.9 Å². The number of hydrogen-bond donors (Lipinski definition) is 1. The van der Waals surface area contributed by atoms with Crippen LogP contribution in [-0.2, 0) is 9.36 Å². The highest BCUT2D eigenvalue weighted by molar-refractivity contribution is 8.90. The monoisotopic (exact) mass is 341 g/mol. The van der Waals surface area contributed by atoms with Gasteiger partial charge in [-0.1, -0.05) is 56.4 Å². The molecule has 0 aliphatic heterocycles. The van der Waals surface area contributed by atoms with Gasteiger partial charge in [-0.3, -0.25) is 14.3 Å². The highest BCUT2D eigenvalue weighted by Crippen LogP contribution is 2.69. The molecule has 20 heavy (non-hydrogen) atoms. The fraction of sp³-hybridized carbons (Fsp3) is 0.923. The van der Waals surface area contributed by atoms with E-state index in [0.717, 1.165) is 37.2 Å². The van der Waals surface area contributed by atoms with Gasteiger partial charge in [-0.2, -0.15) is 0 Å². The van der Waals surface area contributed by atoms with Gasteiger partial charge in [-0.05, 0) is 19.4 Å². The number of hydrogen-bond acceptors (Lipinski definition) is 5. The number of aliphatic carboxylic acids is 1. The van der Waals surface area contributed by atoms with Crippen molar-refractivity contribution >= 4 is 34.3 Å². The second kappa shape index (κ2) is 12.0. The van der Waals surface area contributed by atoms with E-state index < -0.39 is 11.5 Å². The maximum absolute atomic E-state index is 13.0. The molecular weight excluding hydrogens is 313 g/mol. The summed E-state index contributed by atoms with van der Waals surface area (Å²) in [6.07, 6.45) is 4.72. The zero-order valence-corrected chi connectivity index (χ0v) is 15.4. The number of rotatable bonds is 13. The second-order valence-electron chi connectivity index (χ2n) is 4.66. The molecule has 0 amide bonds. The molecule has 120 valence electrons.